The lowest BCUT2D eigenvalue weighted by Gasteiger charge is -2.38. The highest BCUT2D eigenvalue weighted by atomic mass is 28.4. The van der Waals surface area contributed by atoms with Gasteiger partial charge in [0.25, 0.3) is 0 Å². The van der Waals surface area contributed by atoms with Crippen LogP contribution in [0.5, 0.6) is 0 Å². The van der Waals surface area contributed by atoms with Crippen LogP contribution in [0.15, 0.2) is 0 Å². The van der Waals surface area contributed by atoms with Gasteiger partial charge >= 0.3 is 12.2 Å². The Balaban J connectivity index is 2.07. The number of rotatable bonds is 7. The maximum absolute atomic E-state index is 13.0. The Bertz CT molecular complexity index is 761. The Labute approximate surface area is 212 Å². The van der Waals surface area contributed by atoms with E-state index in [1.165, 1.54) is 0 Å². The fraction of sp³-hybridized carbons (Fsp3) is 0.880. The van der Waals surface area contributed by atoms with Crippen molar-refractivity contribution in [2.45, 2.75) is 116 Å². The van der Waals surface area contributed by atoms with E-state index in [0.29, 0.717) is 32.5 Å². The van der Waals surface area contributed by atoms with Gasteiger partial charge in [0.15, 0.2) is 8.32 Å². The summed E-state index contributed by atoms with van der Waals surface area (Å²) in [6.07, 6.45) is 1.88. The van der Waals surface area contributed by atoms with Crippen LogP contribution in [-0.2, 0) is 18.7 Å². The second-order valence-electron chi connectivity index (χ2n) is 12.4. The van der Waals surface area contributed by atoms with Gasteiger partial charge in [0.05, 0.1) is 18.8 Å². The maximum Gasteiger partial charge on any atom is 0.414 e. The highest BCUT2D eigenvalue weighted by Gasteiger charge is 2.47. The van der Waals surface area contributed by atoms with Crippen molar-refractivity contribution in [2.75, 3.05) is 19.7 Å². The second kappa shape index (κ2) is 11.6. The van der Waals surface area contributed by atoms with Crippen molar-refractivity contribution in [3.63, 3.8) is 0 Å². The van der Waals surface area contributed by atoms with Crippen molar-refractivity contribution in [2.24, 2.45) is 5.92 Å². The first kappa shape index (κ1) is 29.6. The average Bonchev–Trinajstić information content (AvgIpc) is 3.32. The molecule has 0 saturated carbocycles. The molecule has 4 unspecified atom stereocenters. The predicted octanol–water partition coefficient (Wildman–Crippen LogP) is 4.42. The minimum absolute atomic E-state index is 0.0520. The molecule has 0 aliphatic carbocycles. The molecule has 9 nitrogen and oxygen atoms in total. The Hall–Kier alpha value is -1.65. The summed E-state index contributed by atoms with van der Waals surface area (Å²) in [6, 6.07) is -0.614. The molecule has 0 bridgehead atoms. The number of imide groups is 1. The summed E-state index contributed by atoms with van der Waals surface area (Å²) < 4.78 is 17.4. The monoisotopic (exact) mass is 513 g/mol. The van der Waals surface area contributed by atoms with Crippen LogP contribution in [0.2, 0.25) is 18.1 Å². The number of unbranched alkanes of at least 4 members (excludes halogenated alkanes) is 1. The van der Waals surface area contributed by atoms with Crippen LogP contribution >= 0.6 is 0 Å². The zero-order valence-corrected chi connectivity index (χ0v) is 24.2. The molecule has 4 atom stereocenters. The van der Waals surface area contributed by atoms with Gasteiger partial charge in [-0.2, -0.15) is 0 Å². The smallest absolute Gasteiger partial charge is 0.414 e. The lowest BCUT2D eigenvalue weighted by atomic mass is 9.94. The molecule has 2 saturated heterocycles. The van der Waals surface area contributed by atoms with Crippen LogP contribution in [0.1, 0.15) is 74.1 Å². The molecule has 0 aromatic carbocycles. The van der Waals surface area contributed by atoms with Gasteiger partial charge in [-0.1, -0.05) is 34.1 Å². The molecule has 0 radical (unpaired) electrons. The van der Waals surface area contributed by atoms with Gasteiger partial charge in [-0.3, -0.25) is 10.1 Å². The van der Waals surface area contributed by atoms with Gasteiger partial charge in [-0.15, -0.1) is 0 Å². The second-order valence-corrected chi connectivity index (χ2v) is 17.1. The van der Waals surface area contributed by atoms with Crippen molar-refractivity contribution in [1.29, 1.82) is 0 Å². The Morgan fingerprint density at radius 1 is 1.09 bits per heavy atom. The molecule has 35 heavy (non-hydrogen) atoms. The summed E-state index contributed by atoms with van der Waals surface area (Å²) >= 11 is 0. The highest BCUT2D eigenvalue weighted by Crippen LogP contribution is 2.40. The van der Waals surface area contributed by atoms with Crippen molar-refractivity contribution in [3.05, 3.63) is 0 Å². The minimum atomic E-state index is -2.01. The SMILES string of the molecule is CCCCOC(=O)N1CC(O[Si](C)(C)C(C)(C)C)CC1C1CNC(C(=O)NC(=O)OC(C)(C)C)C1. The fourth-order valence-electron chi connectivity index (χ4n) is 4.30. The minimum Gasteiger partial charge on any atom is -0.449 e. The van der Waals surface area contributed by atoms with Crippen molar-refractivity contribution >= 4 is 26.4 Å². The van der Waals surface area contributed by atoms with E-state index in [1.54, 1.807) is 25.7 Å². The number of likely N-dealkylation sites (tertiary alicyclic amines) is 1. The number of carbonyl (C=O) groups excluding carboxylic acids is 3. The molecule has 3 amide bonds. The molecule has 0 aromatic heterocycles. The average molecular weight is 514 g/mol. The third kappa shape index (κ3) is 8.46. The number of hydrogen-bond donors (Lipinski definition) is 2. The summed E-state index contributed by atoms with van der Waals surface area (Å²) in [6.45, 7) is 19.8. The van der Waals surface area contributed by atoms with Crippen molar-refractivity contribution in [1.82, 2.24) is 15.5 Å². The molecule has 2 N–H and O–H groups in total. The van der Waals surface area contributed by atoms with Crippen LogP contribution in [0.4, 0.5) is 9.59 Å². The highest BCUT2D eigenvalue weighted by molar-refractivity contribution is 6.74. The number of nitrogens with zero attached hydrogens (tertiary/aromatic N) is 1. The van der Waals surface area contributed by atoms with E-state index >= 15 is 0 Å². The van der Waals surface area contributed by atoms with Crippen LogP contribution < -0.4 is 10.6 Å². The van der Waals surface area contributed by atoms with E-state index in [0.717, 1.165) is 12.8 Å². The van der Waals surface area contributed by atoms with Crippen molar-refractivity contribution in [3.8, 4) is 0 Å². The zero-order chi connectivity index (χ0) is 26.6. The molecule has 2 aliphatic rings. The molecule has 2 rings (SSSR count). The van der Waals surface area contributed by atoms with Gasteiger partial charge in [0, 0.05) is 19.1 Å². The van der Waals surface area contributed by atoms with Gasteiger partial charge in [0.2, 0.25) is 5.91 Å². The van der Waals surface area contributed by atoms with Gasteiger partial charge < -0.3 is 24.1 Å². The Kier molecular flexibility index (Phi) is 9.80. The van der Waals surface area contributed by atoms with Gasteiger partial charge in [0.1, 0.15) is 5.60 Å². The van der Waals surface area contributed by atoms with Crippen LogP contribution in [-0.4, -0.2) is 74.8 Å². The summed E-state index contributed by atoms with van der Waals surface area (Å²) in [4.78, 5) is 39.5. The maximum atomic E-state index is 13.0. The number of ether oxygens (including phenoxy) is 2. The number of amides is 3. The van der Waals surface area contributed by atoms with E-state index in [4.69, 9.17) is 13.9 Å². The summed E-state index contributed by atoms with van der Waals surface area (Å²) in [5.74, 6) is -0.359. The molecule has 2 aliphatic heterocycles. The molecular weight excluding hydrogens is 466 g/mol. The standard InChI is InChI=1S/C25H47N3O6Si/c1-10-11-12-32-23(31)28-16-18(34-35(8,9)25(5,6)7)14-20(28)17-13-19(26-15-17)21(29)27-22(30)33-24(2,3)4/h17-20,26H,10-16H2,1-9H3,(H,27,29,30). The van der Waals surface area contributed by atoms with Gasteiger partial charge in [-0.25, -0.2) is 9.59 Å². The first-order valence-corrected chi connectivity index (χ1v) is 15.8. The zero-order valence-electron chi connectivity index (χ0n) is 23.2. The van der Waals surface area contributed by atoms with Crippen LogP contribution in [0.3, 0.4) is 0 Å². The number of hydrogen-bond acceptors (Lipinski definition) is 7. The molecule has 202 valence electrons. The molecule has 2 fully saturated rings. The summed E-state index contributed by atoms with van der Waals surface area (Å²) in [5, 5.41) is 5.61. The van der Waals surface area contributed by atoms with E-state index < -0.39 is 32.0 Å². The summed E-state index contributed by atoms with van der Waals surface area (Å²) in [5.41, 5.74) is -0.683. The predicted molar refractivity (Wildman–Crippen MR) is 138 cm³/mol. The normalized spacial score (nSPS) is 25.5. The van der Waals surface area contributed by atoms with Gasteiger partial charge in [-0.05, 0) is 64.1 Å². The molecule has 2 heterocycles. The van der Waals surface area contributed by atoms with Crippen molar-refractivity contribution < 1.29 is 28.3 Å². The summed E-state index contributed by atoms with van der Waals surface area (Å²) in [7, 11) is -2.01. The lowest BCUT2D eigenvalue weighted by Crippen LogP contribution is -2.45. The Morgan fingerprint density at radius 3 is 2.31 bits per heavy atom. The Morgan fingerprint density at radius 2 is 1.74 bits per heavy atom. The van der Waals surface area contributed by atoms with E-state index in [2.05, 4.69) is 51.4 Å². The third-order valence-corrected chi connectivity index (χ3v) is 11.7. The third-order valence-electron chi connectivity index (χ3n) is 7.18. The number of alkyl carbamates (subject to hydrolysis) is 1. The number of nitrogens with one attached hydrogen (secondary N) is 2. The van der Waals surface area contributed by atoms with E-state index in [-0.39, 0.29) is 29.2 Å². The number of carbonyl (C=O) groups is 3. The first-order valence-electron chi connectivity index (χ1n) is 12.9. The molecular formula is C25H47N3O6Si. The first-order chi connectivity index (χ1) is 16.0. The molecule has 0 spiro atoms. The van der Waals surface area contributed by atoms with Crippen LogP contribution in [0.25, 0.3) is 0 Å². The van der Waals surface area contributed by atoms with E-state index in [1.807, 2.05) is 0 Å². The van der Waals surface area contributed by atoms with Crippen LogP contribution in [0, 0.1) is 5.92 Å². The molecule has 10 heteroatoms. The lowest BCUT2D eigenvalue weighted by molar-refractivity contribution is -0.122. The topological polar surface area (TPSA) is 106 Å². The fourth-order valence-corrected chi connectivity index (χ4v) is 5.65. The molecule has 0 aromatic rings. The quantitative estimate of drug-likeness (QED) is 0.383. The van der Waals surface area contributed by atoms with E-state index in [9.17, 15) is 14.4 Å². The largest absolute Gasteiger partial charge is 0.449 e.